The lowest BCUT2D eigenvalue weighted by atomic mass is 9.98. The third-order valence-electron chi connectivity index (χ3n) is 4.56. The highest BCUT2D eigenvalue weighted by Gasteiger charge is 2.29. The molecule has 2 fully saturated rings. The van der Waals surface area contributed by atoms with E-state index >= 15 is 0 Å². The zero-order valence-electron chi connectivity index (χ0n) is 16.1. The molecule has 1 atom stereocenters. The molecule has 2 aliphatic heterocycles. The highest BCUT2D eigenvalue weighted by atomic mass is 127. The van der Waals surface area contributed by atoms with Crippen molar-refractivity contribution in [2.45, 2.75) is 19.8 Å². The van der Waals surface area contributed by atoms with Crippen molar-refractivity contribution in [2.75, 3.05) is 63.6 Å². The SMILES string of the molecule is CCOC(=O)C1CCCN(C(=NC)NCCS(=O)(=O)N2CCSCC2)C1.I. The number of esters is 1. The second kappa shape index (κ2) is 12.3. The molecule has 0 spiro atoms. The van der Waals surface area contributed by atoms with Crippen molar-refractivity contribution in [3.63, 3.8) is 0 Å². The maximum atomic E-state index is 12.4. The molecule has 11 heteroatoms. The van der Waals surface area contributed by atoms with Crippen LogP contribution >= 0.6 is 35.7 Å². The molecule has 2 rings (SSSR count). The van der Waals surface area contributed by atoms with Gasteiger partial charge < -0.3 is 15.0 Å². The average molecular weight is 534 g/mol. The van der Waals surface area contributed by atoms with Crippen molar-refractivity contribution in [1.29, 1.82) is 0 Å². The Bertz CT molecular complexity index is 597. The molecule has 0 saturated carbocycles. The van der Waals surface area contributed by atoms with E-state index in [4.69, 9.17) is 4.74 Å². The summed E-state index contributed by atoms with van der Waals surface area (Å²) in [5.74, 6) is 2.08. The standard InChI is InChI=1S/C16H30N4O4S2.HI/c1-3-24-15(21)14-5-4-7-19(13-14)16(17-2)18-6-12-26(22,23)20-8-10-25-11-9-20;/h14H,3-13H2,1-2H3,(H,17,18);1H. The number of halogens is 1. The summed E-state index contributed by atoms with van der Waals surface area (Å²) < 4.78 is 31.5. The quantitative estimate of drug-likeness (QED) is 0.234. The Morgan fingerprint density at radius 3 is 2.63 bits per heavy atom. The normalized spacial score (nSPS) is 22.1. The smallest absolute Gasteiger partial charge is 0.310 e. The van der Waals surface area contributed by atoms with Crippen LogP contribution in [-0.2, 0) is 19.6 Å². The number of hydrogen-bond donors (Lipinski definition) is 1. The van der Waals surface area contributed by atoms with Crippen LogP contribution < -0.4 is 5.32 Å². The maximum absolute atomic E-state index is 12.4. The average Bonchev–Trinajstić information content (AvgIpc) is 2.66. The molecule has 0 aromatic heterocycles. The number of nitrogens with one attached hydrogen (secondary N) is 1. The summed E-state index contributed by atoms with van der Waals surface area (Å²) in [5.41, 5.74) is 0. The van der Waals surface area contributed by atoms with E-state index in [1.807, 2.05) is 4.90 Å². The minimum atomic E-state index is -3.24. The summed E-state index contributed by atoms with van der Waals surface area (Å²) in [5, 5.41) is 3.14. The van der Waals surface area contributed by atoms with Gasteiger partial charge in [-0.3, -0.25) is 9.79 Å². The number of sulfonamides is 1. The number of guanidine groups is 1. The number of aliphatic imine (C=N–C) groups is 1. The molecule has 0 radical (unpaired) electrons. The van der Waals surface area contributed by atoms with E-state index in [1.54, 1.807) is 30.0 Å². The molecule has 2 saturated heterocycles. The van der Waals surface area contributed by atoms with Gasteiger partial charge >= 0.3 is 5.97 Å². The minimum Gasteiger partial charge on any atom is -0.466 e. The van der Waals surface area contributed by atoms with E-state index in [9.17, 15) is 13.2 Å². The van der Waals surface area contributed by atoms with E-state index in [1.165, 1.54) is 0 Å². The summed E-state index contributed by atoms with van der Waals surface area (Å²) >= 11 is 1.79. The number of piperidine rings is 1. The molecule has 8 nitrogen and oxygen atoms in total. The molecule has 27 heavy (non-hydrogen) atoms. The Morgan fingerprint density at radius 1 is 1.30 bits per heavy atom. The minimum absolute atomic E-state index is 0. The lowest BCUT2D eigenvalue weighted by Crippen LogP contribution is -2.49. The zero-order chi connectivity index (χ0) is 19.0. The van der Waals surface area contributed by atoms with Crippen molar-refractivity contribution in [3.8, 4) is 0 Å². The van der Waals surface area contributed by atoms with Gasteiger partial charge in [-0.05, 0) is 19.8 Å². The third kappa shape index (κ3) is 7.58. The van der Waals surface area contributed by atoms with Gasteiger partial charge in [0.2, 0.25) is 10.0 Å². The Morgan fingerprint density at radius 2 is 2.00 bits per heavy atom. The predicted octanol–water partition coefficient (Wildman–Crippen LogP) is 0.834. The first kappa shape index (κ1) is 24.8. The third-order valence-corrected chi connectivity index (χ3v) is 7.37. The highest BCUT2D eigenvalue weighted by molar-refractivity contribution is 14.0. The Kier molecular flexibility index (Phi) is 11.3. The number of ether oxygens (including phenoxy) is 1. The summed E-state index contributed by atoms with van der Waals surface area (Å²) in [6, 6.07) is 0. The topological polar surface area (TPSA) is 91.3 Å². The number of nitrogens with zero attached hydrogens (tertiary/aromatic N) is 3. The van der Waals surface area contributed by atoms with E-state index in [-0.39, 0.29) is 41.6 Å². The fourth-order valence-corrected chi connectivity index (χ4v) is 5.69. The van der Waals surface area contributed by atoms with Gasteiger partial charge in [0.05, 0.1) is 18.3 Å². The van der Waals surface area contributed by atoms with Crippen LogP contribution in [0.1, 0.15) is 19.8 Å². The summed E-state index contributed by atoms with van der Waals surface area (Å²) in [4.78, 5) is 18.2. The molecule has 0 amide bonds. The van der Waals surface area contributed by atoms with Gasteiger partial charge in [0.15, 0.2) is 5.96 Å². The molecule has 0 aromatic rings. The molecule has 1 N–H and O–H groups in total. The molecule has 2 heterocycles. The van der Waals surface area contributed by atoms with E-state index in [2.05, 4.69) is 10.3 Å². The molecule has 1 unspecified atom stereocenters. The number of rotatable bonds is 6. The van der Waals surface area contributed by atoms with Gasteiger partial charge in [0.25, 0.3) is 0 Å². The lowest BCUT2D eigenvalue weighted by molar-refractivity contribution is -0.149. The number of carbonyl (C=O) groups excluding carboxylic acids is 1. The summed E-state index contributed by atoms with van der Waals surface area (Å²) in [7, 11) is -1.57. The Labute approximate surface area is 183 Å². The van der Waals surface area contributed by atoms with Crippen LogP contribution in [0, 0.1) is 5.92 Å². The van der Waals surface area contributed by atoms with Gasteiger partial charge in [-0.15, -0.1) is 24.0 Å². The van der Waals surface area contributed by atoms with Crippen molar-refractivity contribution in [2.24, 2.45) is 10.9 Å². The number of hydrogen-bond acceptors (Lipinski definition) is 6. The molecule has 158 valence electrons. The van der Waals surface area contributed by atoms with Gasteiger partial charge in [-0.2, -0.15) is 11.8 Å². The van der Waals surface area contributed by atoms with Crippen LogP contribution in [0.2, 0.25) is 0 Å². The molecule has 0 aromatic carbocycles. The van der Waals surface area contributed by atoms with Crippen molar-refractivity contribution in [1.82, 2.24) is 14.5 Å². The summed E-state index contributed by atoms with van der Waals surface area (Å²) in [6.45, 7) is 5.03. The monoisotopic (exact) mass is 534 g/mol. The van der Waals surface area contributed by atoms with E-state index in [0.29, 0.717) is 38.7 Å². The fourth-order valence-electron chi connectivity index (χ4n) is 3.20. The van der Waals surface area contributed by atoms with E-state index < -0.39 is 10.0 Å². The first-order valence-corrected chi connectivity index (χ1v) is 11.9. The van der Waals surface area contributed by atoms with Crippen molar-refractivity contribution >= 4 is 57.7 Å². The lowest BCUT2D eigenvalue weighted by Gasteiger charge is -2.34. The Hall–Kier alpha value is -0.270. The van der Waals surface area contributed by atoms with Crippen LogP contribution in [0.4, 0.5) is 0 Å². The van der Waals surface area contributed by atoms with Crippen LogP contribution in [0.15, 0.2) is 4.99 Å². The first-order valence-electron chi connectivity index (χ1n) is 9.15. The molecular weight excluding hydrogens is 503 g/mol. The van der Waals surface area contributed by atoms with Crippen LogP contribution in [0.5, 0.6) is 0 Å². The number of carbonyl (C=O) groups is 1. The van der Waals surface area contributed by atoms with Crippen molar-refractivity contribution in [3.05, 3.63) is 0 Å². The van der Waals surface area contributed by atoms with Gasteiger partial charge in [0, 0.05) is 51.3 Å². The largest absolute Gasteiger partial charge is 0.466 e. The molecule has 2 aliphatic rings. The van der Waals surface area contributed by atoms with Crippen LogP contribution in [-0.4, -0.2) is 93.2 Å². The second-order valence-electron chi connectivity index (χ2n) is 6.34. The Balaban J connectivity index is 0.00000364. The zero-order valence-corrected chi connectivity index (χ0v) is 20.0. The molecule has 0 aliphatic carbocycles. The van der Waals surface area contributed by atoms with Crippen LogP contribution in [0.3, 0.4) is 0 Å². The van der Waals surface area contributed by atoms with Gasteiger partial charge in [0.1, 0.15) is 0 Å². The second-order valence-corrected chi connectivity index (χ2v) is 9.65. The van der Waals surface area contributed by atoms with Gasteiger partial charge in [-0.1, -0.05) is 0 Å². The van der Waals surface area contributed by atoms with Crippen LogP contribution in [0.25, 0.3) is 0 Å². The highest BCUT2D eigenvalue weighted by Crippen LogP contribution is 2.18. The fraction of sp³-hybridized carbons (Fsp3) is 0.875. The van der Waals surface area contributed by atoms with E-state index in [0.717, 1.165) is 30.9 Å². The number of thioether (sulfide) groups is 1. The molecular formula is C16H31IN4O4S2. The predicted molar refractivity (Wildman–Crippen MR) is 120 cm³/mol. The first-order chi connectivity index (χ1) is 12.5. The van der Waals surface area contributed by atoms with Gasteiger partial charge in [-0.25, -0.2) is 12.7 Å². The summed E-state index contributed by atoms with van der Waals surface area (Å²) in [6.07, 6.45) is 1.70. The van der Waals surface area contributed by atoms with Crippen molar-refractivity contribution < 1.29 is 17.9 Å². The maximum Gasteiger partial charge on any atom is 0.310 e. The number of likely N-dealkylation sites (tertiary alicyclic amines) is 1. The molecule has 0 bridgehead atoms.